The minimum atomic E-state index is 0.175. The predicted octanol–water partition coefficient (Wildman–Crippen LogP) is 1.41. The van der Waals surface area contributed by atoms with Gasteiger partial charge in [-0.15, -0.1) is 0 Å². The van der Waals surface area contributed by atoms with Crippen LogP contribution in [0.15, 0.2) is 0 Å². The SMILES string of the molecule is O=CCCCC1CCCCC(=O)N1. The molecule has 1 N–H and O–H groups in total. The second-order valence-corrected chi connectivity index (χ2v) is 3.61. The van der Waals surface area contributed by atoms with Gasteiger partial charge in [0.2, 0.25) is 5.91 Å². The van der Waals surface area contributed by atoms with Crippen LogP contribution in [-0.4, -0.2) is 18.2 Å². The third-order valence-electron chi connectivity index (χ3n) is 2.45. The van der Waals surface area contributed by atoms with Crippen LogP contribution in [0.2, 0.25) is 0 Å². The van der Waals surface area contributed by atoms with Crippen molar-refractivity contribution in [3.63, 3.8) is 0 Å². The lowest BCUT2D eigenvalue weighted by molar-refractivity contribution is -0.121. The van der Waals surface area contributed by atoms with E-state index in [0.717, 1.165) is 38.4 Å². The molecule has 0 spiro atoms. The summed E-state index contributed by atoms with van der Waals surface area (Å²) in [4.78, 5) is 21.2. The first-order valence-electron chi connectivity index (χ1n) is 5.06. The van der Waals surface area contributed by atoms with Gasteiger partial charge in [0.05, 0.1) is 0 Å². The molecule has 74 valence electrons. The van der Waals surface area contributed by atoms with E-state index in [1.807, 2.05) is 0 Å². The van der Waals surface area contributed by atoms with Gasteiger partial charge in [-0.2, -0.15) is 0 Å². The van der Waals surface area contributed by atoms with E-state index >= 15 is 0 Å². The van der Waals surface area contributed by atoms with Crippen molar-refractivity contribution < 1.29 is 9.59 Å². The molecular weight excluding hydrogens is 166 g/mol. The fourth-order valence-corrected chi connectivity index (χ4v) is 1.71. The normalized spacial score (nSPS) is 23.4. The Kier molecular flexibility index (Phi) is 4.50. The summed E-state index contributed by atoms with van der Waals surface area (Å²) in [6.07, 6.45) is 7.29. The lowest BCUT2D eigenvalue weighted by Crippen LogP contribution is -2.32. The van der Waals surface area contributed by atoms with E-state index in [9.17, 15) is 9.59 Å². The average molecular weight is 183 g/mol. The Morgan fingerprint density at radius 3 is 3.08 bits per heavy atom. The first-order chi connectivity index (χ1) is 6.33. The molecule has 1 aliphatic heterocycles. The van der Waals surface area contributed by atoms with E-state index < -0.39 is 0 Å². The Hall–Kier alpha value is -0.860. The van der Waals surface area contributed by atoms with Crippen molar-refractivity contribution in [3.8, 4) is 0 Å². The summed E-state index contributed by atoms with van der Waals surface area (Å²) in [6, 6.07) is 0.315. The van der Waals surface area contributed by atoms with Crippen molar-refractivity contribution in [3.05, 3.63) is 0 Å². The van der Waals surface area contributed by atoms with Crippen molar-refractivity contribution in [1.29, 1.82) is 0 Å². The van der Waals surface area contributed by atoms with Crippen molar-refractivity contribution in [2.75, 3.05) is 0 Å². The van der Waals surface area contributed by atoms with Crippen LogP contribution in [0.25, 0.3) is 0 Å². The Labute approximate surface area is 78.9 Å². The third-order valence-corrected chi connectivity index (χ3v) is 2.45. The van der Waals surface area contributed by atoms with Crippen LogP contribution >= 0.6 is 0 Å². The average Bonchev–Trinajstić information content (AvgIpc) is 2.31. The zero-order valence-electron chi connectivity index (χ0n) is 7.92. The lowest BCUT2D eigenvalue weighted by Gasteiger charge is -2.14. The number of rotatable bonds is 4. The molecule has 3 heteroatoms. The second-order valence-electron chi connectivity index (χ2n) is 3.61. The van der Waals surface area contributed by atoms with Crippen LogP contribution in [-0.2, 0) is 9.59 Å². The largest absolute Gasteiger partial charge is 0.353 e. The molecule has 1 saturated heterocycles. The highest BCUT2D eigenvalue weighted by Crippen LogP contribution is 2.13. The van der Waals surface area contributed by atoms with Crippen molar-refractivity contribution >= 4 is 12.2 Å². The first kappa shape index (κ1) is 10.2. The molecule has 0 radical (unpaired) electrons. The number of unbranched alkanes of at least 4 members (excludes halogenated alkanes) is 1. The highest BCUT2D eigenvalue weighted by Gasteiger charge is 2.15. The van der Waals surface area contributed by atoms with Gasteiger partial charge < -0.3 is 10.1 Å². The van der Waals surface area contributed by atoms with Gasteiger partial charge in [-0.3, -0.25) is 4.79 Å². The summed E-state index contributed by atoms with van der Waals surface area (Å²) in [5, 5.41) is 2.98. The summed E-state index contributed by atoms with van der Waals surface area (Å²) >= 11 is 0. The Bertz CT molecular complexity index is 180. The summed E-state index contributed by atoms with van der Waals surface area (Å²) in [7, 11) is 0. The van der Waals surface area contributed by atoms with Gasteiger partial charge in [0.15, 0.2) is 0 Å². The van der Waals surface area contributed by atoms with E-state index in [2.05, 4.69) is 5.32 Å². The van der Waals surface area contributed by atoms with Crippen molar-refractivity contribution in [2.45, 2.75) is 51.0 Å². The maximum Gasteiger partial charge on any atom is 0.220 e. The smallest absolute Gasteiger partial charge is 0.220 e. The fourth-order valence-electron chi connectivity index (χ4n) is 1.71. The molecule has 3 nitrogen and oxygen atoms in total. The van der Waals surface area contributed by atoms with Crippen molar-refractivity contribution in [1.82, 2.24) is 5.32 Å². The predicted molar refractivity (Wildman–Crippen MR) is 50.3 cm³/mol. The Balaban J connectivity index is 2.22. The maximum atomic E-state index is 11.1. The molecule has 0 aliphatic carbocycles. The number of hydrogen-bond acceptors (Lipinski definition) is 2. The first-order valence-corrected chi connectivity index (χ1v) is 5.06. The summed E-state index contributed by atoms with van der Waals surface area (Å²) in [5.74, 6) is 0.175. The van der Waals surface area contributed by atoms with Crippen LogP contribution in [0.3, 0.4) is 0 Å². The molecule has 1 aliphatic rings. The second kappa shape index (κ2) is 5.73. The van der Waals surface area contributed by atoms with Gasteiger partial charge >= 0.3 is 0 Å². The molecule has 0 saturated carbocycles. The Morgan fingerprint density at radius 2 is 2.31 bits per heavy atom. The molecule has 1 unspecified atom stereocenters. The van der Waals surface area contributed by atoms with E-state index in [0.29, 0.717) is 18.9 Å². The molecule has 0 aromatic rings. The number of hydrogen-bond donors (Lipinski definition) is 1. The maximum absolute atomic E-state index is 11.1. The fraction of sp³-hybridized carbons (Fsp3) is 0.800. The van der Waals surface area contributed by atoms with Crippen LogP contribution in [0, 0.1) is 0 Å². The zero-order chi connectivity index (χ0) is 9.52. The van der Waals surface area contributed by atoms with E-state index in [-0.39, 0.29) is 5.91 Å². The molecule has 1 fully saturated rings. The molecule has 1 rings (SSSR count). The molecule has 0 aromatic carbocycles. The summed E-state index contributed by atoms with van der Waals surface area (Å²) in [5.41, 5.74) is 0. The number of carbonyl (C=O) groups is 2. The van der Waals surface area contributed by atoms with Gasteiger partial charge in [-0.1, -0.05) is 6.42 Å². The van der Waals surface area contributed by atoms with E-state index in [4.69, 9.17) is 0 Å². The summed E-state index contributed by atoms with van der Waals surface area (Å²) in [6.45, 7) is 0. The summed E-state index contributed by atoms with van der Waals surface area (Å²) < 4.78 is 0. The minimum Gasteiger partial charge on any atom is -0.353 e. The topological polar surface area (TPSA) is 46.2 Å². The van der Waals surface area contributed by atoms with Gasteiger partial charge in [0.1, 0.15) is 6.29 Å². The number of nitrogens with one attached hydrogen (secondary N) is 1. The lowest BCUT2D eigenvalue weighted by atomic mass is 10.1. The van der Waals surface area contributed by atoms with Gasteiger partial charge in [0.25, 0.3) is 0 Å². The zero-order valence-corrected chi connectivity index (χ0v) is 7.92. The molecule has 0 aromatic heterocycles. The van der Waals surface area contributed by atoms with Crippen LogP contribution in [0.4, 0.5) is 0 Å². The van der Waals surface area contributed by atoms with Crippen LogP contribution in [0.5, 0.6) is 0 Å². The monoisotopic (exact) mass is 183 g/mol. The quantitative estimate of drug-likeness (QED) is 0.529. The van der Waals surface area contributed by atoms with E-state index in [1.54, 1.807) is 0 Å². The molecule has 1 amide bonds. The molecule has 1 atom stereocenters. The number of carbonyl (C=O) groups excluding carboxylic acids is 2. The standard InChI is InChI=1S/C10H17NO2/c12-8-4-3-6-9-5-1-2-7-10(13)11-9/h8-9H,1-7H2,(H,11,13). The highest BCUT2D eigenvalue weighted by molar-refractivity contribution is 5.76. The minimum absolute atomic E-state index is 0.175. The van der Waals surface area contributed by atoms with Crippen LogP contribution < -0.4 is 5.32 Å². The Morgan fingerprint density at radius 1 is 1.46 bits per heavy atom. The molecular formula is C10H17NO2. The third kappa shape index (κ3) is 4.06. The number of aldehydes is 1. The highest BCUT2D eigenvalue weighted by atomic mass is 16.1. The van der Waals surface area contributed by atoms with Gasteiger partial charge in [-0.25, -0.2) is 0 Å². The van der Waals surface area contributed by atoms with Gasteiger partial charge in [-0.05, 0) is 25.7 Å². The molecule has 0 bridgehead atoms. The van der Waals surface area contributed by atoms with Gasteiger partial charge in [0, 0.05) is 18.9 Å². The molecule has 1 heterocycles. The molecule has 13 heavy (non-hydrogen) atoms. The number of amides is 1. The van der Waals surface area contributed by atoms with E-state index in [1.165, 1.54) is 0 Å². The van der Waals surface area contributed by atoms with Crippen LogP contribution in [0.1, 0.15) is 44.9 Å². The van der Waals surface area contributed by atoms with Crippen molar-refractivity contribution in [2.24, 2.45) is 0 Å².